The Kier molecular flexibility index (Phi) is 5.23. The van der Waals surface area contributed by atoms with E-state index in [1.807, 2.05) is 30.3 Å². The first-order valence-corrected chi connectivity index (χ1v) is 10.2. The van der Waals surface area contributed by atoms with Gasteiger partial charge in [0.1, 0.15) is 11.5 Å². The number of methoxy groups -OCH3 is 1. The van der Waals surface area contributed by atoms with Crippen molar-refractivity contribution in [1.82, 2.24) is 15.2 Å². The monoisotopic (exact) mass is 454 g/mol. The Balaban J connectivity index is 1.47. The molecule has 0 saturated carbocycles. The van der Waals surface area contributed by atoms with Gasteiger partial charge in [-0.15, -0.1) is 5.11 Å². The van der Waals surface area contributed by atoms with Gasteiger partial charge >= 0.3 is 6.03 Å². The lowest BCUT2D eigenvalue weighted by molar-refractivity contribution is 0.0993. The molecule has 3 aromatic rings. The van der Waals surface area contributed by atoms with Crippen LogP contribution >= 0.6 is 0 Å². The zero-order chi connectivity index (χ0) is 23.7. The zero-order valence-corrected chi connectivity index (χ0v) is 17.9. The van der Waals surface area contributed by atoms with Gasteiger partial charge in [-0.25, -0.2) is 4.79 Å². The largest absolute Gasteiger partial charge is 0.506 e. The highest BCUT2D eigenvalue weighted by atomic mass is 16.5. The Morgan fingerprint density at radius 2 is 1.79 bits per heavy atom. The lowest BCUT2D eigenvalue weighted by Gasteiger charge is -2.05. The second-order valence-electron chi connectivity index (χ2n) is 7.36. The number of carbonyl (C=O) groups excluding carboxylic acids is 2. The number of H-pyrrole nitrogens is 2. The van der Waals surface area contributed by atoms with Crippen molar-refractivity contribution in [2.45, 2.75) is 0 Å². The summed E-state index contributed by atoms with van der Waals surface area (Å²) in [6.45, 7) is 0. The molecule has 0 saturated heterocycles. The van der Waals surface area contributed by atoms with E-state index in [4.69, 9.17) is 4.74 Å². The zero-order valence-electron chi connectivity index (χ0n) is 17.9. The number of rotatable bonds is 4. The van der Waals surface area contributed by atoms with Crippen molar-refractivity contribution < 1.29 is 19.4 Å². The van der Waals surface area contributed by atoms with Crippen LogP contribution < -0.4 is 10.1 Å². The van der Waals surface area contributed by atoms with E-state index in [-0.39, 0.29) is 11.3 Å². The van der Waals surface area contributed by atoms with Crippen LogP contribution in [0.5, 0.6) is 11.5 Å². The fraction of sp³-hybridized carbons (Fsp3) is 0.0417. The number of benzene rings is 2. The van der Waals surface area contributed by atoms with Crippen LogP contribution in [0.3, 0.4) is 0 Å². The summed E-state index contributed by atoms with van der Waals surface area (Å²) in [6.07, 6.45) is 2.86. The van der Waals surface area contributed by atoms with Gasteiger partial charge in [-0.3, -0.25) is 20.0 Å². The first-order valence-electron chi connectivity index (χ1n) is 10.2. The van der Waals surface area contributed by atoms with Gasteiger partial charge < -0.3 is 15.2 Å². The molecule has 2 aromatic carbocycles. The van der Waals surface area contributed by atoms with Gasteiger partial charge in [0, 0.05) is 23.3 Å². The Bertz CT molecular complexity index is 1500. The summed E-state index contributed by atoms with van der Waals surface area (Å²) >= 11 is 0. The van der Waals surface area contributed by atoms with Gasteiger partial charge in [0.05, 0.1) is 40.7 Å². The molecule has 5 rings (SSSR count). The average Bonchev–Trinajstić information content (AvgIpc) is 3.43. The lowest BCUT2D eigenvalue weighted by atomic mass is 10.1. The summed E-state index contributed by atoms with van der Waals surface area (Å²) in [4.78, 5) is 28.2. The van der Waals surface area contributed by atoms with Gasteiger partial charge in [0.15, 0.2) is 0 Å². The van der Waals surface area contributed by atoms with Crippen molar-refractivity contribution in [1.29, 1.82) is 0 Å². The molecule has 10 heteroatoms. The van der Waals surface area contributed by atoms with Gasteiger partial charge in [-0.05, 0) is 42.5 Å². The molecule has 3 amide bonds. The van der Waals surface area contributed by atoms with Gasteiger partial charge in [0.25, 0.3) is 5.91 Å². The number of hydrogen-bond acceptors (Lipinski definition) is 5. The van der Waals surface area contributed by atoms with E-state index in [2.05, 4.69) is 30.7 Å². The molecule has 2 aliphatic rings. The molecule has 0 spiro atoms. The van der Waals surface area contributed by atoms with Gasteiger partial charge in [0.2, 0.25) is 0 Å². The predicted molar refractivity (Wildman–Crippen MR) is 125 cm³/mol. The molecule has 1 aliphatic carbocycles. The number of nitrogens with one attached hydrogen (secondary N) is 3. The minimum absolute atomic E-state index is 0.00686. The molecule has 168 valence electrons. The molecular formula is C24H18N6O4. The minimum Gasteiger partial charge on any atom is -0.506 e. The summed E-state index contributed by atoms with van der Waals surface area (Å²) in [5.74, 6) is 0.0202. The maximum absolute atomic E-state index is 12.4. The van der Waals surface area contributed by atoms with Crippen LogP contribution in [0.25, 0.3) is 33.3 Å². The summed E-state index contributed by atoms with van der Waals surface area (Å²) in [6, 6.07) is 14.8. The molecular weight excluding hydrogens is 436 g/mol. The number of fused-ring (bicyclic) bond motifs is 3. The van der Waals surface area contributed by atoms with E-state index in [1.54, 1.807) is 25.3 Å². The Morgan fingerprint density at radius 3 is 2.53 bits per heavy atom. The Hall–Kier alpha value is -4.99. The fourth-order valence-electron chi connectivity index (χ4n) is 3.81. The number of amides is 3. The number of urea groups is 1. The molecule has 1 aromatic heterocycles. The van der Waals surface area contributed by atoms with E-state index in [9.17, 15) is 14.7 Å². The van der Waals surface area contributed by atoms with Crippen molar-refractivity contribution in [3.05, 3.63) is 72.6 Å². The molecule has 0 bridgehead atoms. The van der Waals surface area contributed by atoms with Crippen LogP contribution in [0.4, 0.5) is 10.5 Å². The van der Waals surface area contributed by atoms with Crippen LogP contribution in [-0.2, 0) is 0 Å². The highest BCUT2D eigenvalue weighted by Crippen LogP contribution is 2.49. The quantitative estimate of drug-likeness (QED) is 0.276. The number of aromatic amines is 2. The number of hydrogen-bond donors (Lipinski definition) is 4. The predicted octanol–water partition coefficient (Wildman–Crippen LogP) is 5.20. The number of nitrogens with zero attached hydrogens (tertiary/aromatic N) is 3. The van der Waals surface area contributed by atoms with Crippen molar-refractivity contribution in [3.63, 3.8) is 0 Å². The van der Waals surface area contributed by atoms with E-state index >= 15 is 0 Å². The van der Waals surface area contributed by atoms with Crippen LogP contribution in [-0.4, -0.2) is 39.3 Å². The second kappa shape index (κ2) is 8.51. The molecule has 0 fully saturated rings. The minimum atomic E-state index is -0.851. The molecule has 1 aliphatic heterocycles. The number of pyridine rings is 1. The van der Waals surface area contributed by atoms with Gasteiger partial charge in [-0.2, -0.15) is 0 Å². The van der Waals surface area contributed by atoms with Crippen LogP contribution in [0.1, 0.15) is 10.4 Å². The first kappa shape index (κ1) is 20.9. The summed E-state index contributed by atoms with van der Waals surface area (Å²) in [7, 11) is 1.59. The van der Waals surface area contributed by atoms with E-state index < -0.39 is 11.9 Å². The number of azo groups is 1. The third-order valence-corrected chi connectivity index (χ3v) is 5.38. The first-order chi connectivity index (χ1) is 16.6. The average molecular weight is 454 g/mol. The smallest absolute Gasteiger partial charge is 0.364 e. The van der Waals surface area contributed by atoms with E-state index in [0.717, 1.165) is 5.56 Å². The van der Waals surface area contributed by atoms with Crippen molar-refractivity contribution in [2.75, 3.05) is 12.4 Å². The Morgan fingerprint density at radius 1 is 1.00 bits per heavy atom. The lowest BCUT2D eigenvalue weighted by Crippen LogP contribution is -2.06. The van der Waals surface area contributed by atoms with Crippen molar-refractivity contribution >= 4 is 28.4 Å². The van der Waals surface area contributed by atoms with Gasteiger partial charge in [-0.1, -0.05) is 17.2 Å². The highest BCUT2D eigenvalue weighted by Gasteiger charge is 2.26. The molecule has 10 nitrogen and oxygen atoms in total. The highest BCUT2D eigenvalue weighted by molar-refractivity contribution is 6.16. The number of carbonyl (C=O) groups is 2. The topological polar surface area (TPSA) is 145 Å². The molecule has 0 unspecified atom stereocenters. The van der Waals surface area contributed by atoms with Crippen LogP contribution in [0.2, 0.25) is 0 Å². The summed E-state index contributed by atoms with van der Waals surface area (Å²) in [5, 5.41) is 27.9. The third kappa shape index (κ3) is 3.62. The molecule has 2 heterocycles. The number of aromatic nitrogens is 3. The Labute approximate surface area is 192 Å². The normalized spacial score (nSPS) is 11.3. The summed E-state index contributed by atoms with van der Waals surface area (Å²) < 4.78 is 5.21. The van der Waals surface area contributed by atoms with E-state index in [0.29, 0.717) is 39.2 Å². The molecule has 0 atom stereocenters. The summed E-state index contributed by atoms with van der Waals surface area (Å²) in [5.41, 5.74) is 3.33. The third-order valence-electron chi connectivity index (χ3n) is 5.38. The van der Waals surface area contributed by atoms with E-state index in [1.165, 1.54) is 18.5 Å². The SMILES string of the molecule is COc1ccc(-c2[nH][nH]c3c4cccc(NC(=O)N=NC(=O)c5cccnc5)c4c(O)c2-3)cc1. The molecule has 0 radical (unpaired) electrons. The van der Waals surface area contributed by atoms with Crippen LogP contribution in [0.15, 0.2) is 77.2 Å². The molecule has 4 N–H and O–H groups in total. The fourth-order valence-corrected chi connectivity index (χ4v) is 3.81. The maximum atomic E-state index is 12.4. The molecule has 34 heavy (non-hydrogen) atoms. The van der Waals surface area contributed by atoms with Crippen molar-refractivity contribution in [3.8, 4) is 34.0 Å². The standard InChI is InChI=1S/C24H18N6O4/c1-34-15-9-7-13(8-10-15)20-19-21(28-27-20)16-5-2-6-17(18(16)22(19)31)26-24(33)30-29-23(32)14-4-3-11-25-12-14/h2-12,27-28,31H,1H3,(H,26,33). The number of aromatic hydroxyl groups is 1. The second-order valence-corrected chi connectivity index (χ2v) is 7.36. The number of anilines is 1. The van der Waals surface area contributed by atoms with Crippen molar-refractivity contribution in [2.24, 2.45) is 10.2 Å². The number of ether oxygens (including phenoxy) is 1. The maximum Gasteiger partial charge on any atom is 0.364 e. The van der Waals surface area contributed by atoms with Crippen LogP contribution in [0, 0.1) is 0 Å².